The van der Waals surface area contributed by atoms with Crippen LogP contribution >= 0.6 is 0 Å². The molecule has 1 amide bonds. The number of rotatable bonds is 4. The summed E-state index contributed by atoms with van der Waals surface area (Å²) in [6, 6.07) is 17.5. The van der Waals surface area contributed by atoms with Crippen molar-refractivity contribution in [3.8, 4) is 5.69 Å². The zero-order valence-electron chi connectivity index (χ0n) is 16.8. The van der Waals surface area contributed by atoms with E-state index in [1.807, 2.05) is 68.4 Å². The Morgan fingerprint density at radius 1 is 1.07 bits per heavy atom. The quantitative estimate of drug-likeness (QED) is 0.639. The third kappa shape index (κ3) is 3.42. The highest BCUT2D eigenvalue weighted by molar-refractivity contribution is 5.99. The number of hydrogen-bond acceptors (Lipinski definition) is 4. The molecule has 0 radical (unpaired) electrons. The summed E-state index contributed by atoms with van der Waals surface area (Å²) in [6.07, 6.45) is 0.803. The van der Waals surface area contributed by atoms with E-state index in [-0.39, 0.29) is 18.6 Å². The van der Waals surface area contributed by atoms with E-state index in [2.05, 4.69) is 5.10 Å². The average Bonchev–Trinajstić information content (AvgIpc) is 3.21. The number of carbonyl (C=O) groups excluding carboxylic acids is 2. The SMILES string of the molecule is Cc1nn(-c2ccccc2)c(C)c1C(=O)OCC(=O)N1c2ccccc2C[C@@H]1C. The van der Waals surface area contributed by atoms with Gasteiger partial charge < -0.3 is 9.64 Å². The van der Waals surface area contributed by atoms with E-state index >= 15 is 0 Å². The monoisotopic (exact) mass is 389 g/mol. The molecule has 1 atom stereocenters. The van der Waals surface area contributed by atoms with Crippen LogP contribution in [0.1, 0.15) is 34.2 Å². The Hall–Kier alpha value is -3.41. The molecule has 0 spiro atoms. The molecule has 1 aliphatic rings. The number of ether oxygens (including phenoxy) is 1. The molecule has 6 nitrogen and oxygen atoms in total. The summed E-state index contributed by atoms with van der Waals surface area (Å²) in [5.41, 5.74) is 4.55. The van der Waals surface area contributed by atoms with Crippen molar-refractivity contribution in [2.75, 3.05) is 11.5 Å². The fourth-order valence-electron chi connectivity index (χ4n) is 3.97. The number of esters is 1. The maximum absolute atomic E-state index is 12.8. The second-order valence-electron chi connectivity index (χ2n) is 7.31. The number of aryl methyl sites for hydroxylation is 1. The van der Waals surface area contributed by atoms with Gasteiger partial charge in [-0.2, -0.15) is 5.10 Å². The van der Waals surface area contributed by atoms with Gasteiger partial charge >= 0.3 is 5.97 Å². The molecule has 29 heavy (non-hydrogen) atoms. The van der Waals surface area contributed by atoms with Crippen molar-refractivity contribution in [2.24, 2.45) is 0 Å². The number of aromatic nitrogens is 2. The van der Waals surface area contributed by atoms with Crippen molar-refractivity contribution >= 4 is 17.6 Å². The molecule has 0 aliphatic carbocycles. The molecule has 1 aliphatic heterocycles. The number of hydrogen-bond donors (Lipinski definition) is 0. The molecule has 6 heteroatoms. The highest BCUT2D eigenvalue weighted by atomic mass is 16.5. The summed E-state index contributed by atoms with van der Waals surface area (Å²) in [4.78, 5) is 27.2. The third-order valence-electron chi connectivity index (χ3n) is 5.30. The lowest BCUT2D eigenvalue weighted by Crippen LogP contribution is -2.38. The van der Waals surface area contributed by atoms with E-state index in [0.29, 0.717) is 17.0 Å². The normalized spacial score (nSPS) is 15.3. The average molecular weight is 389 g/mol. The fourth-order valence-corrected chi connectivity index (χ4v) is 3.97. The van der Waals surface area contributed by atoms with E-state index < -0.39 is 5.97 Å². The first-order valence-corrected chi connectivity index (χ1v) is 9.66. The zero-order valence-corrected chi connectivity index (χ0v) is 16.8. The third-order valence-corrected chi connectivity index (χ3v) is 5.30. The molecular formula is C23H23N3O3. The maximum atomic E-state index is 12.8. The number of amides is 1. The molecule has 0 saturated carbocycles. The first-order valence-electron chi connectivity index (χ1n) is 9.66. The summed E-state index contributed by atoms with van der Waals surface area (Å²) >= 11 is 0. The minimum absolute atomic E-state index is 0.0444. The second kappa shape index (κ2) is 7.54. The van der Waals surface area contributed by atoms with E-state index in [0.717, 1.165) is 23.4 Å². The van der Waals surface area contributed by atoms with Crippen molar-refractivity contribution in [3.63, 3.8) is 0 Å². The lowest BCUT2D eigenvalue weighted by molar-refractivity contribution is -0.122. The molecule has 148 valence electrons. The first kappa shape index (κ1) is 18.9. The number of anilines is 1. The van der Waals surface area contributed by atoms with Gasteiger partial charge in [0.15, 0.2) is 6.61 Å². The second-order valence-corrected chi connectivity index (χ2v) is 7.31. The van der Waals surface area contributed by atoms with Gasteiger partial charge in [0.25, 0.3) is 5.91 Å². The van der Waals surface area contributed by atoms with E-state index in [9.17, 15) is 9.59 Å². The molecule has 0 N–H and O–H groups in total. The van der Waals surface area contributed by atoms with Crippen LogP contribution in [0.15, 0.2) is 54.6 Å². The molecule has 0 bridgehead atoms. The topological polar surface area (TPSA) is 64.4 Å². The van der Waals surface area contributed by atoms with Crippen LogP contribution in [-0.2, 0) is 16.0 Å². The molecule has 2 aromatic carbocycles. The minimum atomic E-state index is -0.532. The zero-order chi connectivity index (χ0) is 20.5. The number of nitrogens with zero attached hydrogens (tertiary/aromatic N) is 3. The van der Waals surface area contributed by atoms with Crippen LogP contribution in [0.3, 0.4) is 0 Å². The summed E-state index contributed by atoms with van der Waals surface area (Å²) in [5.74, 6) is -0.753. The van der Waals surface area contributed by atoms with Crippen LogP contribution in [0.25, 0.3) is 5.69 Å². The van der Waals surface area contributed by atoms with Crippen molar-refractivity contribution in [2.45, 2.75) is 33.2 Å². The first-order chi connectivity index (χ1) is 14.0. The van der Waals surface area contributed by atoms with Crippen LogP contribution in [0.4, 0.5) is 5.69 Å². The fraction of sp³-hybridized carbons (Fsp3) is 0.261. The number of fused-ring (bicyclic) bond motifs is 1. The van der Waals surface area contributed by atoms with Crippen LogP contribution in [0, 0.1) is 13.8 Å². The standard InChI is InChI=1S/C23H23N3O3/c1-15-13-18-9-7-8-12-20(18)25(15)21(27)14-29-23(28)22-16(2)24-26(17(22)3)19-10-5-4-6-11-19/h4-12,15H,13-14H2,1-3H3/t15-/m0/s1. The van der Waals surface area contributed by atoms with E-state index in [1.54, 1.807) is 16.5 Å². The predicted octanol–water partition coefficient (Wildman–Crippen LogP) is 3.62. The summed E-state index contributed by atoms with van der Waals surface area (Å²) in [6.45, 7) is 5.29. The highest BCUT2D eigenvalue weighted by Gasteiger charge is 2.31. The van der Waals surface area contributed by atoms with Crippen molar-refractivity contribution in [1.29, 1.82) is 0 Å². The predicted molar refractivity (Wildman–Crippen MR) is 110 cm³/mol. The van der Waals surface area contributed by atoms with Crippen LogP contribution in [-0.4, -0.2) is 34.3 Å². The Morgan fingerprint density at radius 3 is 2.52 bits per heavy atom. The number of carbonyl (C=O) groups is 2. The molecule has 3 aromatic rings. The molecule has 4 rings (SSSR count). The molecule has 1 aromatic heterocycles. The molecule has 2 heterocycles. The van der Waals surface area contributed by atoms with E-state index in [4.69, 9.17) is 4.74 Å². The highest BCUT2D eigenvalue weighted by Crippen LogP contribution is 2.31. The van der Waals surface area contributed by atoms with Gasteiger partial charge in [0.1, 0.15) is 5.56 Å². The summed E-state index contributed by atoms with van der Waals surface area (Å²) < 4.78 is 7.11. The van der Waals surface area contributed by atoms with Gasteiger partial charge in [-0.05, 0) is 51.0 Å². The Bertz CT molecular complexity index is 1070. The Labute approximate surface area is 169 Å². The molecule has 0 saturated heterocycles. The van der Waals surface area contributed by atoms with Gasteiger partial charge in [0.05, 0.1) is 17.1 Å². The van der Waals surface area contributed by atoms with Gasteiger partial charge in [-0.25, -0.2) is 9.48 Å². The van der Waals surface area contributed by atoms with Crippen molar-refractivity contribution in [3.05, 3.63) is 77.1 Å². The Balaban J connectivity index is 1.50. The van der Waals surface area contributed by atoms with Crippen molar-refractivity contribution < 1.29 is 14.3 Å². The Kier molecular flexibility index (Phi) is 4.92. The van der Waals surface area contributed by atoms with E-state index in [1.165, 1.54) is 0 Å². The smallest absolute Gasteiger partial charge is 0.342 e. The molecule has 0 fully saturated rings. The number of benzene rings is 2. The number of para-hydroxylation sites is 2. The van der Waals surface area contributed by atoms with Gasteiger partial charge in [-0.1, -0.05) is 36.4 Å². The molecular weight excluding hydrogens is 366 g/mol. The largest absolute Gasteiger partial charge is 0.452 e. The van der Waals surface area contributed by atoms with Gasteiger partial charge in [0, 0.05) is 11.7 Å². The lowest BCUT2D eigenvalue weighted by Gasteiger charge is -2.22. The summed E-state index contributed by atoms with van der Waals surface area (Å²) in [5, 5.41) is 4.47. The van der Waals surface area contributed by atoms with Crippen LogP contribution in [0.2, 0.25) is 0 Å². The van der Waals surface area contributed by atoms with Gasteiger partial charge in [-0.3, -0.25) is 4.79 Å². The van der Waals surface area contributed by atoms with Crippen LogP contribution < -0.4 is 4.90 Å². The van der Waals surface area contributed by atoms with Gasteiger partial charge in [0.2, 0.25) is 0 Å². The van der Waals surface area contributed by atoms with Crippen molar-refractivity contribution in [1.82, 2.24) is 9.78 Å². The minimum Gasteiger partial charge on any atom is -0.452 e. The molecule has 0 unspecified atom stereocenters. The van der Waals surface area contributed by atoms with Crippen LogP contribution in [0.5, 0.6) is 0 Å². The van der Waals surface area contributed by atoms with Gasteiger partial charge in [-0.15, -0.1) is 0 Å². The Morgan fingerprint density at radius 2 is 1.76 bits per heavy atom. The lowest BCUT2D eigenvalue weighted by atomic mass is 10.1. The maximum Gasteiger partial charge on any atom is 0.342 e. The summed E-state index contributed by atoms with van der Waals surface area (Å²) in [7, 11) is 0.